The third kappa shape index (κ3) is 3.59. The molecule has 1 aromatic heterocycles. The maximum absolute atomic E-state index is 11.7. The first-order chi connectivity index (χ1) is 9.56. The smallest absolute Gasteiger partial charge is 0.303 e. The van der Waals surface area contributed by atoms with Crippen molar-refractivity contribution in [3.63, 3.8) is 0 Å². The van der Waals surface area contributed by atoms with Crippen molar-refractivity contribution in [1.82, 2.24) is 10.2 Å². The van der Waals surface area contributed by atoms with Crippen molar-refractivity contribution in [2.24, 2.45) is 5.92 Å². The lowest BCUT2D eigenvalue weighted by Crippen LogP contribution is -2.51. The van der Waals surface area contributed by atoms with Gasteiger partial charge in [0, 0.05) is 32.0 Å². The summed E-state index contributed by atoms with van der Waals surface area (Å²) in [5, 5.41) is 11.2. The highest BCUT2D eigenvalue weighted by Crippen LogP contribution is 2.19. The Morgan fingerprint density at radius 2 is 2.15 bits per heavy atom. The van der Waals surface area contributed by atoms with Crippen LogP contribution in [0, 0.1) is 5.92 Å². The Kier molecular flexibility index (Phi) is 4.39. The minimum atomic E-state index is -0.838. The SMILES string of the molecule is O=C(O)CC1CN(C(=O)CCNC(=O)c2ccoc2)C1. The summed E-state index contributed by atoms with van der Waals surface area (Å²) in [5.74, 6) is -1.13. The molecule has 0 aliphatic carbocycles. The maximum Gasteiger partial charge on any atom is 0.303 e. The van der Waals surface area contributed by atoms with Gasteiger partial charge < -0.3 is 19.7 Å². The van der Waals surface area contributed by atoms with Crippen LogP contribution in [0.5, 0.6) is 0 Å². The van der Waals surface area contributed by atoms with E-state index in [1.165, 1.54) is 12.5 Å². The lowest BCUT2D eigenvalue weighted by molar-refractivity contribution is -0.145. The van der Waals surface area contributed by atoms with E-state index in [9.17, 15) is 14.4 Å². The predicted octanol–water partition coefficient (Wildman–Crippen LogP) is 0.333. The van der Waals surface area contributed by atoms with Crippen LogP contribution in [0.3, 0.4) is 0 Å². The second-order valence-electron chi connectivity index (χ2n) is 4.78. The minimum absolute atomic E-state index is 0.0528. The van der Waals surface area contributed by atoms with Crippen molar-refractivity contribution in [1.29, 1.82) is 0 Å². The molecule has 2 N–H and O–H groups in total. The standard InChI is InChI=1S/C13H16N2O5/c16-11(15-6-9(7-15)5-12(17)18)1-3-14-13(19)10-2-4-20-8-10/h2,4,8-9H,1,3,5-7H2,(H,14,19)(H,17,18). The second kappa shape index (κ2) is 6.23. The van der Waals surface area contributed by atoms with E-state index in [0.717, 1.165) is 0 Å². The van der Waals surface area contributed by atoms with Gasteiger partial charge in [-0.3, -0.25) is 14.4 Å². The average molecular weight is 280 g/mol. The molecule has 0 bridgehead atoms. The second-order valence-corrected chi connectivity index (χ2v) is 4.78. The number of carboxylic acid groups (broad SMARTS) is 1. The molecule has 7 heteroatoms. The van der Waals surface area contributed by atoms with E-state index in [2.05, 4.69) is 5.32 Å². The molecule has 1 aromatic rings. The maximum atomic E-state index is 11.7. The number of hydrogen-bond acceptors (Lipinski definition) is 4. The van der Waals surface area contributed by atoms with Crippen LogP contribution in [0.15, 0.2) is 23.0 Å². The summed E-state index contributed by atoms with van der Waals surface area (Å²) in [7, 11) is 0. The Bertz CT molecular complexity index is 491. The molecule has 20 heavy (non-hydrogen) atoms. The van der Waals surface area contributed by atoms with E-state index in [0.29, 0.717) is 18.7 Å². The van der Waals surface area contributed by atoms with Gasteiger partial charge in [-0.1, -0.05) is 0 Å². The van der Waals surface area contributed by atoms with Gasteiger partial charge in [-0.2, -0.15) is 0 Å². The molecule has 2 rings (SSSR count). The molecule has 108 valence electrons. The van der Waals surface area contributed by atoms with Gasteiger partial charge in [0.25, 0.3) is 5.91 Å². The first kappa shape index (κ1) is 14.1. The van der Waals surface area contributed by atoms with E-state index in [-0.39, 0.29) is 37.1 Å². The molecule has 0 unspecified atom stereocenters. The molecule has 7 nitrogen and oxygen atoms in total. The Morgan fingerprint density at radius 3 is 2.75 bits per heavy atom. The lowest BCUT2D eigenvalue weighted by Gasteiger charge is -2.38. The Hall–Kier alpha value is -2.31. The molecule has 0 saturated carbocycles. The van der Waals surface area contributed by atoms with E-state index < -0.39 is 5.97 Å². The van der Waals surface area contributed by atoms with Crippen LogP contribution in [0.4, 0.5) is 0 Å². The molecule has 0 atom stereocenters. The summed E-state index contributed by atoms with van der Waals surface area (Å²) >= 11 is 0. The molecule has 1 aliphatic rings. The monoisotopic (exact) mass is 280 g/mol. The number of carbonyl (C=O) groups excluding carboxylic acids is 2. The molecule has 1 saturated heterocycles. The fraction of sp³-hybridized carbons (Fsp3) is 0.462. The molecule has 1 aliphatic heterocycles. The Labute approximate surface area is 115 Å². The number of carbonyl (C=O) groups is 3. The van der Waals surface area contributed by atoms with Crippen LogP contribution in [0.25, 0.3) is 0 Å². The zero-order valence-corrected chi connectivity index (χ0v) is 10.9. The van der Waals surface area contributed by atoms with Crippen molar-refractivity contribution in [3.8, 4) is 0 Å². The fourth-order valence-corrected chi connectivity index (χ4v) is 2.09. The molecular weight excluding hydrogens is 264 g/mol. The summed E-state index contributed by atoms with van der Waals surface area (Å²) in [6, 6.07) is 1.54. The summed E-state index contributed by atoms with van der Waals surface area (Å²) < 4.78 is 4.79. The highest BCUT2D eigenvalue weighted by molar-refractivity contribution is 5.94. The van der Waals surface area contributed by atoms with Gasteiger partial charge in [-0.05, 0) is 6.07 Å². The van der Waals surface area contributed by atoms with Crippen molar-refractivity contribution >= 4 is 17.8 Å². The van der Waals surface area contributed by atoms with Crippen molar-refractivity contribution in [3.05, 3.63) is 24.2 Å². The minimum Gasteiger partial charge on any atom is -0.481 e. The van der Waals surface area contributed by atoms with Crippen molar-refractivity contribution < 1.29 is 23.9 Å². The number of nitrogens with zero attached hydrogens (tertiary/aromatic N) is 1. The van der Waals surface area contributed by atoms with Crippen LogP contribution in [-0.2, 0) is 9.59 Å². The molecular formula is C13H16N2O5. The van der Waals surface area contributed by atoms with E-state index in [4.69, 9.17) is 9.52 Å². The third-order valence-corrected chi connectivity index (χ3v) is 3.18. The summed E-state index contributed by atoms with van der Waals surface area (Å²) in [4.78, 5) is 35.4. The van der Waals surface area contributed by atoms with Gasteiger partial charge in [0.2, 0.25) is 5.91 Å². The van der Waals surface area contributed by atoms with Gasteiger partial charge in [-0.25, -0.2) is 0 Å². The van der Waals surface area contributed by atoms with Crippen LogP contribution in [-0.4, -0.2) is 47.4 Å². The normalized spacial score (nSPS) is 14.7. The number of rotatable bonds is 6. The van der Waals surface area contributed by atoms with Gasteiger partial charge in [-0.15, -0.1) is 0 Å². The van der Waals surface area contributed by atoms with Gasteiger partial charge in [0.05, 0.1) is 18.2 Å². The van der Waals surface area contributed by atoms with Crippen LogP contribution < -0.4 is 5.32 Å². The van der Waals surface area contributed by atoms with Crippen molar-refractivity contribution in [2.45, 2.75) is 12.8 Å². The van der Waals surface area contributed by atoms with Gasteiger partial charge in [0.15, 0.2) is 0 Å². The summed E-state index contributed by atoms with van der Waals surface area (Å²) in [6.07, 6.45) is 3.05. The van der Waals surface area contributed by atoms with E-state index >= 15 is 0 Å². The Morgan fingerprint density at radius 1 is 1.40 bits per heavy atom. The number of carboxylic acids is 1. The zero-order chi connectivity index (χ0) is 14.5. The van der Waals surface area contributed by atoms with E-state index in [1.807, 2.05) is 0 Å². The molecule has 2 heterocycles. The highest BCUT2D eigenvalue weighted by atomic mass is 16.4. The predicted molar refractivity (Wildman–Crippen MR) is 68.0 cm³/mol. The molecule has 0 spiro atoms. The number of nitrogens with one attached hydrogen (secondary N) is 1. The fourth-order valence-electron chi connectivity index (χ4n) is 2.09. The summed E-state index contributed by atoms with van der Waals surface area (Å²) in [5.41, 5.74) is 0.419. The topological polar surface area (TPSA) is 99.9 Å². The van der Waals surface area contributed by atoms with E-state index in [1.54, 1.807) is 11.0 Å². The summed E-state index contributed by atoms with van der Waals surface area (Å²) in [6.45, 7) is 1.23. The largest absolute Gasteiger partial charge is 0.481 e. The number of aliphatic carboxylic acids is 1. The molecule has 0 aromatic carbocycles. The van der Waals surface area contributed by atoms with Gasteiger partial charge >= 0.3 is 5.97 Å². The first-order valence-electron chi connectivity index (χ1n) is 6.36. The van der Waals surface area contributed by atoms with Crippen LogP contribution in [0.2, 0.25) is 0 Å². The van der Waals surface area contributed by atoms with Gasteiger partial charge in [0.1, 0.15) is 6.26 Å². The molecule has 2 amide bonds. The number of hydrogen-bond donors (Lipinski definition) is 2. The highest BCUT2D eigenvalue weighted by Gasteiger charge is 2.31. The lowest BCUT2D eigenvalue weighted by atomic mass is 9.96. The molecule has 0 radical (unpaired) electrons. The third-order valence-electron chi connectivity index (χ3n) is 3.18. The molecule has 1 fully saturated rings. The number of furan rings is 1. The van der Waals surface area contributed by atoms with Crippen LogP contribution >= 0.6 is 0 Å². The van der Waals surface area contributed by atoms with Crippen LogP contribution in [0.1, 0.15) is 23.2 Å². The average Bonchev–Trinajstić information content (AvgIpc) is 2.86. The zero-order valence-electron chi connectivity index (χ0n) is 10.9. The first-order valence-corrected chi connectivity index (χ1v) is 6.36. The Balaban J connectivity index is 1.62. The quantitative estimate of drug-likeness (QED) is 0.782. The van der Waals surface area contributed by atoms with Crippen molar-refractivity contribution in [2.75, 3.05) is 19.6 Å². The number of likely N-dealkylation sites (tertiary alicyclic amines) is 1. The number of amides is 2.